The molecule has 1 aromatic heterocycles. The first-order valence-electron chi connectivity index (χ1n) is 6.69. The summed E-state index contributed by atoms with van der Waals surface area (Å²) in [6.07, 6.45) is 0. The van der Waals surface area contributed by atoms with E-state index in [0.29, 0.717) is 10.4 Å². The zero-order chi connectivity index (χ0) is 17.4. The summed E-state index contributed by atoms with van der Waals surface area (Å²) in [5, 5.41) is 19.5. The summed E-state index contributed by atoms with van der Waals surface area (Å²) in [7, 11) is 0. The number of phenolic OH excluding ortho intramolecular Hbond substituents is 2. The predicted molar refractivity (Wildman–Crippen MR) is 87.9 cm³/mol. The summed E-state index contributed by atoms with van der Waals surface area (Å²) in [6.45, 7) is 0. The molecule has 1 heterocycles. The first-order chi connectivity index (χ1) is 11.4. The molecule has 2 aromatic carbocycles. The predicted octanol–water partition coefficient (Wildman–Crippen LogP) is 4.99. The number of aromatic hydroxyl groups is 2. The van der Waals surface area contributed by atoms with Crippen molar-refractivity contribution in [3.05, 3.63) is 69.6 Å². The minimum Gasteiger partial charge on any atom is -0.506 e. The van der Waals surface area contributed by atoms with Crippen LogP contribution in [-0.4, -0.2) is 16.0 Å². The highest BCUT2D eigenvalue weighted by molar-refractivity contribution is 7.17. The molecule has 3 aromatic rings. The zero-order valence-electron chi connectivity index (χ0n) is 11.9. The Morgan fingerprint density at radius 3 is 2.54 bits per heavy atom. The Labute approximate surface area is 144 Å². The van der Waals surface area contributed by atoms with Crippen LogP contribution in [0.25, 0.3) is 10.4 Å². The van der Waals surface area contributed by atoms with Crippen LogP contribution in [0.5, 0.6) is 11.5 Å². The molecule has 0 amide bonds. The number of hydrogen-bond acceptors (Lipinski definition) is 4. The molecular weight excluding hydrogens is 358 g/mol. The number of benzene rings is 2. The lowest BCUT2D eigenvalue weighted by Gasteiger charge is -2.04. The van der Waals surface area contributed by atoms with Crippen molar-refractivity contribution in [1.29, 1.82) is 0 Å². The number of ketones is 1. The van der Waals surface area contributed by atoms with Crippen molar-refractivity contribution in [2.24, 2.45) is 0 Å². The normalized spacial score (nSPS) is 10.8. The van der Waals surface area contributed by atoms with E-state index in [0.717, 1.165) is 23.5 Å². The average molecular weight is 367 g/mol. The largest absolute Gasteiger partial charge is 0.506 e. The quantitative estimate of drug-likeness (QED) is 0.642. The summed E-state index contributed by atoms with van der Waals surface area (Å²) in [5.41, 5.74) is -0.415. The number of hydrogen-bond donors (Lipinski definition) is 2. The third kappa shape index (κ3) is 2.74. The van der Waals surface area contributed by atoms with Gasteiger partial charge in [-0.3, -0.25) is 4.79 Å². The molecule has 0 aliphatic carbocycles. The summed E-state index contributed by atoms with van der Waals surface area (Å²) in [4.78, 5) is 12.9. The van der Waals surface area contributed by atoms with Gasteiger partial charge in [-0.1, -0.05) is 17.7 Å². The second-order valence-electron chi connectivity index (χ2n) is 4.88. The summed E-state index contributed by atoms with van der Waals surface area (Å²) in [5.74, 6) is -4.20. The SMILES string of the molecule is O=C(c1ccc(-c2cccc(Cl)c2O)s1)c1c(F)ccc(O)c1F. The molecule has 0 atom stereocenters. The third-order valence-electron chi connectivity index (χ3n) is 3.38. The molecule has 0 spiro atoms. The number of thiophene rings is 1. The lowest BCUT2D eigenvalue weighted by atomic mass is 10.1. The van der Waals surface area contributed by atoms with Crippen molar-refractivity contribution >= 4 is 28.7 Å². The minimum absolute atomic E-state index is 0.0628. The maximum atomic E-state index is 13.9. The fourth-order valence-corrected chi connectivity index (χ4v) is 3.34. The molecule has 0 radical (unpaired) electrons. The Balaban J connectivity index is 2.04. The van der Waals surface area contributed by atoms with Gasteiger partial charge in [0.1, 0.15) is 11.6 Å². The van der Waals surface area contributed by atoms with Crippen molar-refractivity contribution in [1.82, 2.24) is 0 Å². The fraction of sp³-hybridized carbons (Fsp3) is 0. The minimum atomic E-state index is -1.31. The molecule has 0 saturated heterocycles. The van der Waals surface area contributed by atoms with Crippen molar-refractivity contribution in [3.63, 3.8) is 0 Å². The van der Waals surface area contributed by atoms with Crippen LogP contribution in [0, 0.1) is 11.6 Å². The van der Waals surface area contributed by atoms with Gasteiger partial charge in [0.25, 0.3) is 0 Å². The second kappa shape index (κ2) is 6.22. The van der Waals surface area contributed by atoms with Crippen LogP contribution < -0.4 is 0 Å². The molecule has 2 N–H and O–H groups in total. The molecule has 122 valence electrons. The molecule has 3 rings (SSSR count). The molecule has 24 heavy (non-hydrogen) atoms. The van der Waals surface area contributed by atoms with Gasteiger partial charge in [0.15, 0.2) is 11.6 Å². The molecule has 0 bridgehead atoms. The van der Waals surface area contributed by atoms with Gasteiger partial charge in [-0.25, -0.2) is 8.78 Å². The lowest BCUT2D eigenvalue weighted by molar-refractivity contribution is 0.103. The van der Waals surface area contributed by atoms with E-state index in [1.54, 1.807) is 18.2 Å². The van der Waals surface area contributed by atoms with Crippen molar-refractivity contribution in [2.75, 3.05) is 0 Å². The van der Waals surface area contributed by atoms with E-state index in [2.05, 4.69) is 0 Å². The first kappa shape index (κ1) is 16.4. The molecule has 0 fully saturated rings. The molecule has 0 saturated carbocycles. The van der Waals surface area contributed by atoms with Crippen LogP contribution in [0.3, 0.4) is 0 Å². The van der Waals surface area contributed by atoms with E-state index >= 15 is 0 Å². The maximum Gasteiger partial charge on any atom is 0.209 e. The summed E-state index contributed by atoms with van der Waals surface area (Å²) >= 11 is 6.80. The van der Waals surface area contributed by atoms with E-state index in [1.165, 1.54) is 12.1 Å². The Morgan fingerprint density at radius 2 is 1.79 bits per heavy atom. The van der Waals surface area contributed by atoms with Gasteiger partial charge in [0.2, 0.25) is 5.78 Å². The van der Waals surface area contributed by atoms with Crippen LogP contribution in [0.4, 0.5) is 8.78 Å². The van der Waals surface area contributed by atoms with Crippen LogP contribution in [-0.2, 0) is 0 Å². The number of halogens is 3. The van der Waals surface area contributed by atoms with Gasteiger partial charge >= 0.3 is 0 Å². The Bertz CT molecular complexity index is 953. The van der Waals surface area contributed by atoms with Crippen LogP contribution >= 0.6 is 22.9 Å². The summed E-state index contributed by atoms with van der Waals surface area (Å²) < 4.78 is 27.7. The Hall–Kier alpha value is -2.44. The third-order valence-corrected chi connectivity index (χ3v) is 4.80. The summed E-state index contributed by atoms with van der Waals surface area (Å²) in [6, 6.07) is 9.35. The van der Waals surface area contributed by atoms with Gasteiger partial charge in [0.05, 0.1) is 15.5 Å². The van der Waals surface area contributed by atoms with E-state index in [4.69, 9.17) is 11.6 Å². The van der Waals surface area contributed by atoms with Crippen molar-refractivity contribution in [3.8, 4) is 21.9 Å². The molecular formula is C17H9ClF2O3S. The average Bonchev–Trinajstić information content (AvgIpc) is 3.03. The molecule has 3 nitrogen and oxygen atoms in total. The fourth-order valence-electron chi connectivity index (χ4n) is 2.19. The highest BCUT2D eigenvalue weighted by atomic mass is 35.5. The Kier molecular flexibility index (Phi) is 4.26. The first-order valence-corrected chi connectivity index (χ1v) is 7.89. The number of carbonyl (C=O) groups excluding carboxylic acids is 1. The molecule has 0 aliphatic rings. The van der Waals surface area contributed by atoms with Crippen LogP contribution in [0.15, 0.2) is 42.5 Å². The maximum absolute atomic E-state index is 13.9. The zero-order valence-corrected chi connectivity index (χ0v) is 13.5. The van der Waals surface area contributed by atoms with Gasteiger partial charge in [-0.05, 0) is 36.4 Å². The van der Waals surface area contributed by atoms with Crippen molar-refractivity contribution < 1.29 is 23.8 Å². The van der Waals surface area contributed by atoms with Gasteiger partial charge in [-0.2, -0.15) is 0 Å². The smallest absolute Gasteiger partial charge is 0.209 e. The van der Waals surface area contributed by atoms with E-state index < -0.39 is 28.7 Å². The topological polar surface area (TPSA) is 57.5 Å². The molecule has 7 heteroatoms. The number of phenols is 2. The van der Waals surface area contributed by atoms with E-state index in [9.17, 15) is 23.8 Å². The Morgan fingerprint density at radius 1 is 1.04 bits per heavy atom. The van der Waals surface area contributed by atoms with Crippen LogP contribution in [0.1, 0.15) is 15.2 Å². The van der Waals surface area contributed by atoms with Gasteiger partial charge in [0, 0.05) is 10.4 Å². The number of rotatable bonds is 3. The van der Waals surface area contributed by atoms with E-state index in [-0.39, 0.29) is 15.6 Å². The number of para-hydroxylation sites is 1. The van der Waals surface area contributed by atoms with Gasteiger partial charge in [-0.15, -0.1) is 11.3 Å². The standard InChI is InChI=1S/C17H9ClF2O3S/c18-9-3-1-2-8(16(9)22)12-6-7-13(24-12)17(23)14-10(19)4-5-11(21)15(14)20/h1-7,21-22H. The van der Waals surface area contributed by atoms with Crippen LogP contribution in [0.2, 0.25) is 5.02 Å². The highest BCUT2D eigenvalue weighted by Gasteiger charge is 2.23. The molecule has 0 unspecified atom stereocenters. The molecule has 0 aliphatic heterocycles. The van der Waals surface area contributed by atoms with E-state index in [1.807, 2.05) is 0 Å². The second-order valence-corrected chi connectivity index (χ2v) is 6.38. The highest BCUT2D eigenvalue weighted by Crippen LogP contribution is 2.39. The number of carbonyl (C=O) groups is 1. The lowest BCUT2D eigenvalue weighted by Crippen LogP contribution is -2.05. The van der Waals surface area contributed by atoms with Gasteiger partial charge < -0.3 is 10.2 Å². The van der Waals surface area contributed by atoms with Crippen molar-refractivity contribution in [2.45, 2.75) is 0 Å². The monoisotopic (exact) mass is 366 g/mol.